The normalized spacial score (nSPS) is 18.6. The fourth-order valence-electron chi connectivity index (χ4n) is 2.68. The molecule has 1 aromatic rings. The van der Waals surface area contributed by atoms with Gasteiger partial charge in [0, 0.05) is 5.56 Å². The van der Waals surface area contributed by atoms with Crippen LogP contribution in [0.3, 0.4) is 0 Å². The van der Waals surface area contributed by atoms with E-state index in [0.29, 0.717) is 6.04 Å². The van der Waals surface area contributed by atoms with Crippen LogP contribution in [0.2, 0.25) is 0 Å². The molecule has 2 N–H and O–H groups in total. The Balaban J connectivity index is 1.82. The van der Waals surface area contributed by atoms with Crippen molar-refractivity contribution < 1.29 is 9.71 Å². The minimum absolute atomic E-state index is 0.0606. The number of halogens is 1. The Labute approximate surface area is 103 Å². The lowest BCUT2D eigenvalue weighted by Crippen LogP contribution is -2.88. The molecule has 1 aliphatic carbocycles. The van der Waals surface area contributed by atoms with E-state index in [1.54, 1.807) is 12.1 Å². The Morgan fingerprint density at radius 3 is 2.35 bits per heavy atom. The van der Waals surface area contributed by atoms with Crippen LogP contribution in [0.25, 0.3) is 0 Å². The Morgan fingerprint density at radius 2 is 1.65 bits per heavy atom. The molecule has 2 rings (SSSR count). The van der Waals surface area contributed by atoms with Gasteiger partial charge in [-0.05, 0) is 31.7 Å². The standard InChI is InChI=1S/C15H22FN/c16-15-11-7-6-8-13(15)12-17-14-9-4-2-1-3-5-10-14/h6-8,11,14,17H,1-5,9-10,12H2/p+1. The SMILES string of the molecule is Fc1ccccc1C[NH2+]C1CCCCCCC1. The van der Waals surface area contributed by atoms with Gasteiger partial charge < -0.3 is 5.32 Å². The first-order chi connectivity index (χ1) is 8.36. The molecule has 0 amide bonds. The van der Waals surface area contributed by atoms with Crippen molar-refractivity contribution in [3.63, 3.8) is 0 Å². The largest absolute Gasteiger partial charge is 0.340 e. The summed E-state index contributed by atoms with van der Waals surface area (Å²) in [5.41, 5.74) is 0.842. The van der Waals surface area contributed by atoms with Gasteiger partial charge in [-0.2, -0.15) is 0 Å². The molecule has 0 aliphatic heterocycles. The van der Waals surface area contributed by atoms with Crippen LogP contribution in [-0.4, -0.2) is 6.04 Å². The first kappa shape index (κ1) is 12.6. The zero-order chi connectivity index (χ0) is 11.9. The molecule has 0 bridgehead atoms. The van der Waals surface area contributed by atoms with E-state index < -0.39 is 0 Å². The topological polar surface area (TPSA) is 16.6 Å². The molecule has 1 fully saturated rings. The van der Waals surface area contributed by atoms with E-state index in [-0.39, 0.29) is 5.82 Å². The third-order valence-electron chi connectivity index (χ3n) is 3.78. The first-order valence-corrected chi connectivity index (χ1v) is 6.93. The Hall–Kier alpha value is -0.890. The molecule has 1 nitrogen and oxygen atoms in total. The predicted octanol–water partition coefficient (Wildman–Crippen LogP) is 3.00. The minimum atomic E-state index is -0.0606. The summed E-state index contributed by atoms with van der Waals surface area (Å²) in [5.74, 6) is -0.0606. The number of quaternary nitrogens is 1. The van der Waals surface area contributed by atoms with E-state index in [9.17, 15) is 4.39 Å². The fourth-order valence-corrected chi connectivity index (χ4v) is 2.68. The number of rotatable bonds is 3. The molecule has 0 aromatic heterocycles. The maximum atomic E-state index is 13.5. The first-order valence-electron chi connectivity index (χ1n) is 6.93. The summed E-state index contributed by atoms with van der Waals surface area (Å²) in [6, 6.07) is 7.84. The third-order valence-corrected chi connectivity index (χ3v) is 3.78. The van der Waals surface area contributed by atoms with Gasteiger partial charge in [-0.25, -0.2) is 4.39 Å². The van der Waals surface area contributed by atoms with Gasteiger partial charge in [0.1, 0.15) is 12.4 Å². The van der Waals surface area contributed by atoms with E-state index >= 15 is 0 Å². The summed E-state index contributed by atoms with van der Waals surface area (Å²) in [5, 5.41) is 2.34. The van der Waals surface area contributed by atoms with Gasteiger partial charge >= 0.3 is 0 Å². The van der Waals surface area contributed by atoms with Gasteiger partial charge in [0.15, 0.2) is 0 Å². The highest BCUT2D eigenvalue weighted by molar-refractivity contribution is 5.15. The van der Waals surface area contributed by atoms with Crippen LogP contribution >= 0.6 is 0 Å². The average Bonchev–Trinajstić information content (AvgIpc) is 2.29. The second-order valence-corrected chi connectivity index (χ2v) is 5.14. The quantitative estimate of drug-likeness (QED) is 0.831. The second kappa shape index (κ2) is 6.75. The summed E-state index contributed by atoms with van der Waals surface area (Å²) in [6.07, 6.45) is 9.45. The average molecular weight is 236 g/mol. The van der Waals surface area contributed by atoms with E-state index in [4.69, 9.17) is 0 Å². The summed E-state index contributed by atoms with van der Waals surface area (Å²) in [7, 11) is 0. The molecule has 0 saturated heterocycles. The van der Waals surface area contributed by atoms with Crippen LogP contribution in [0.4, 0.5) is 4.39 Å². The highest BCUT2D eigenvalue weighted by atomic mass is 19.1. The molecule has 1 saturated carbocycles. The van der Waals surface area contributed by atoms with Crippen molar-refractivity contribution in [1.82, 2.24) is 0 Å². The number of hydrogen-bond acceptors (Lipinski definition) is 0. The van der Waals surface area contributed by atoms with Crippen molar-refractivity contribution in [3.05, 3.63) is 35.6 Å². The summed E-state index contributed by atoms with van der Waals surface area (Å²) in [4.78, 5) is 0. The minimum Gasteiger partial charge on any atom is -0.340 e. The van der Waals surface area contributed by atoms with E-state index in [2.05, 4.69) is 5.32 Å². The lowest BCUT2D eigenvalue weighted by molar-refractivity contribution is -0.706. The van der Waals surface area contributed by atoms with Gasteiger partial charge in [0.2, 0.25) is 0 Å². The van der Waals surface area contributed by atoms with Crippen molar-refractivity contribution in [1.29, 1.82) is 0 Å². The molecule has 17 heavy (non-hydrogen) atoms. The lowest BCUT2D eigenvalue weighted by atomic mass is 9.96. The van der Waals surface area contributed by atoms with E-state index in [1.807, 2.05) is 12.1 Å². The lowest BCUT2D eigenvalue weighted by Gasteiger charge is -2.18. The van der Waals surface area contributed by atoms with Gasteiger partial charge in [-0.1, -0.05) is 37.5 Å². The number of hydrogen-bond donors (Lipinski definition) is 1. The van der Waals surface area contributed by atoms with Crippen LogP contribution in [0.5, 0.6) is 0 Å². The van der Waals surface area contributed by atoms with E-state index in [0.717, 1.165) is 12.1 Å². The van der Waals surface area contributed by atoms with Crippen molar-refractivity contribution in [2.45, 2.75) is 57.5 Å². The molecule has 0 unspecified atom stereocenters. The zero-order valence-corrected chi connectivity index (χ0v) is 10.5. The van der Waals surface area contributed by atoms with Gasteiger partial charge in [-0.15, -0.1) is 0 Å². The van der Waals surface area contributed by atoms with Crippen LogP contribution in [0.1, 0.15) is 50.5 Å². The van der Waals surface area contributed by atoms with Gasteiger partial charge in [0.25, 0.3) is 0 Å². The highest BCUT2D eigenvalue weighted by Crippen LogP contribution is 2.15. The zero-order valence-electron chi connectivity index (χ0n) is 10.5. The van der Waals surface area contributed by atoms with Crippen LogP contribution in [-0.2, 0) is 6.54 Å². The predicted molar refractivity (Wildman–Crippen MR) is 68.1 cm³/mol. The van der Waals surface area contributed by atoms with Crippen molar-refractivity contribution in [2.24, 2.45) is 0 Å². The fraction of sp³-hybridized carbons (Fsp3) is 0.600. The highest BCUT2D eigenvalue weighted by Gasteiger charge is 2.14. The molecule has 0 atom stereocenters. The van der Waals surface area contributed by atoms with E-state index in [1.165, 1.54) is 44.9 Å². The molecule has 1 aliphatic rings. The van der Waals surface area contributed by atoms with Gasteiger partial charge in [-0.3, -0.25) is 0 Å². The van der Waals surface area contributed by atoms with Gasteiger partial charge in [0.05, 0.1) is 6.04 Å². The Morgan fingerprint density at radius 1 is 1.00 bits per heavy atom. The molecular formula is C15H23FN+. The van der Waals surface area contributed by atoms with Crippen LogP contribution in [0.15, 0.2) is 24.3 Å². The summed E-state index contributed by atoms with van der Waals surface area (Å²) < 4.78 is 13.5. The maximum Gasteiger partial charge on any atom is 0.132 e. The van der Waals surface area contributed by atoms with Crippen molar-refractivity contribution in [3.8, 4) is 0 Å². The van der Waals surface area contributed by atoms with Crippen LogP contribution < -0.4 is 5.32 Å². The number of nitrogens with two attached hydrogens (primary N) is 1. The van der Waals surface area contributed by atoms with Crippen LogP contribution in [0, 0.1) is 5.82 Å². The Bertz CT molecular complexity index is 329. The molecular weight excluding hydrogens is 213 g/mol. The number of benzene rings is 1. The molecule has 94 valence electrons. The smallest absolute Gasteiger partial charge is 0.132 e. The molecule has 0 heterocycles. The monoisotopic (exact) mass is 236 g/mol. The summed E-state index contributed by atoms with van der Waals surface area (Å²) in [6.45, 7) is 0.789. The molecule has 1 aromatic carbocycles. The molecule has 0 radical (unpaired) electrons. The molecule has 0 spiro atoms. The Kier molecular flexibility index (Phi) is 4.99. The third kappa shape index (κ3) is 4.12. The maximum absolute atomic E-state index is 13.5. The second-order valence-electron chi connectivity index (χ2n) is 5.14. The van der Waals surface area contributed by atoms with Crippen molar-refractivity contribution >= 4 is 0 Å². The molecule has 2 heteroatoms. The summed E-state index contributed by atoms with van der Waals surface area (Å²) >= 11 is 0. The van der Waals surface area contributed by atoms with Crippen molar-refractivity contribution in [2.75, 3.05) is 0 Å².